The van der Waals surface area contributed by atoms with Crippen molar-refractivity contribution in [2.75, 3.05) is 19.7 Å². The fourth-order valence-corrected chi connectivity index (χ4v) is 7.78. The Morgan fingerprint density at radius 2 is 1.69 bits per heavy atom. The number of aliphatic hydroxyl groups is 1. The maximum Gasteiger partial charge on any atom is 0.258 e. The van der Waals surface area contributed by atoms with Crippen LogP contribution in [0.1, 0.15) is 50.2 Å². The molecular weight excluding hydrogens is 536 g/mol. The van der Waals surface area contributed by atoms with Gasteiger partial charge in [0.2, 0.25) is 17.7 Å². The van der Waals surface area contributed by atoms with Gasteiger partial charge >= 0.3 is 0 Å². The number of nitrogens with one attached hydrogen (secondary N) is 3. The summed E-state index contributed by atoms with van der Waals surface area (Å²) in [6, 6.07) is 13.1. The molecular formula is C32H36N4O6. The topological polar surface area (TPSA) is 145 Å². The van der Waals surface area contributed by atoms with Crippen LogP contribution in [-0.2, 0) is 29.5 Å². The molecule has 2 aliphatic carbocycles. The van der Waals surface area contributed by atoms with Gasteiger partial charge in [-0.2, -0.15) is 0 Å². The monoisotopic (exact) mass is 572 g/mol. The van der Waals surface area contributed by atoms with Gasteiger partial charge in [-0.1, -0.05) is 55.0 Å². The van der Waals surface area contributed by atoms with E-state index in [-0.39, 0.29) is 36.0 Å². The van der Waals surface area contributed by atoms with Crippen LogP contribution in [0.2, 0.25) is 0 Å². The minimum atomic E-state index is -1.52. The summed E-state index contributed by atoms with van der Waals surface area (Å²) in [5.74, 6) is -2.42. The van der Waals surface area contributed by atoms with E-state index >= 15 is 0 Å². The van der Waals surface area contributed by atoms with Gasteiger partial charge in [-0.15, -0.1) is 0 Å². The molecule has 0 bridgehead atoms. The summed E-state index contributed by atoms with van der Waals surface area (Å²) >= 11 is 0. The van der Waals surface area contributed by atoms with Crippen molar-refractivity contribution in [1.29, 1.82) is 0 Å². The molecule has 2 saturated heterocycles. The van der Waals surface area contributed by atoms with Gasteiger partial charge in [0.1, 0.15) is 12.6 Å². The molecule has 0 unspecified atom stereocenters. The molecule has 2 heterocycles. The average molecular weight is 573 g/mol. The summed E-state index contributed by atoms with van der Waals surface area (Å²) in [5.41, 5.74) is 1.49. The van der Waals surface area contributed by atoms with Crippen LogP contribution >= 0.6 is 0 Å². The number of carbonyl (C=O) groups excluding carboxylic acids is 5. The maximum atomic E-state index is 14.9. The number of hydrogen-bond acceptors (Lipinski definition) is 6. The van der Waals surface area contributed by atoms with E-state index < -0.39 is 41.8 Å². The molecule has 4 aliphatic rings. The van der Waals surface area contributed by atoms with Gasteiger partial charge in [0.05, 0.1) is 6.04 Å². The van der Waals surface area contributed by atoms with Gasteiger partial charge in [-0.3, -0.25) is 24.0 Å². The molecule has 1 saturated carbocycles. The van der Waals surface area contributed by atoms with Crippen LogP contribution in [0.4, 0.5) is 0 Å². The van der Waals surface area contributed by atoms with Gasteiger partial charge in [-0.05, 0) is 59.8 Å². The standard InChI is InChI=1S/C32H36N4O6/c1-18(38)35-32(24-11-4-2-8-22(24)23-9-3-5-12-25(23)32)31(42)36-16-20-7-6-10-21(20)28(36)30(41)34-26(27(39)17-37)15-19-13-14-33-29(19)40/h2-5,8-9,11-12,19-21,26,28,37H,6-7,10,13-17H2,1H3,(H,33,40)(H,34,41)(H,35,38)/t19-,20+,21+,26+,28+/m0/s1. The Labute approximate surface area is 244 Å². The lowest BCUT2D eigenvalue weighted by Gasteiger charge is -2.38. The Morgan fingerprint density at radius 1 is 1.02 bits per heavy atom. The zero-order valence-electron chi connectivity index (χ0n) is 23.6. The lowest BCUT2D eigenvalue weighted by molar-refractivity contribution is -0.146. The molecule has 2 aliphatic heterocycles. The van der Waals surface area contributed by atoms with Crippen LogP contribution in [0.15, 0.2) is 48.5 Å². The van der Waals surface area contributed by atoms with E-state index in [4.69, 9.17) is 0 Å². The fraction of sp³-hybridized carbons (Fsp3) is 0.469. The fourth-order valence-electron chi connectivity index (χ4n) is 7.78. The van der Waals surface area contributed by atoms with Gasteiger partial charge in [0.25, 0.3) is 5.91 Å². The van der Waals surface area contributed by atoms with E-state index in [1.54, 1.807) is 4.90 Å². The second-order valence-electron chi connectivity index (χ2n) is 12.0. The van der Waals surface area contributed by atoms with Crippen molar-refractivity contribution in [3.05, 3.63) is 59.7 Å². The van der Waals surface area contributed by atoms with Crippen molar-refractivity contribution in [2.24, 2.45) is 17.8 Å². The average Bonchev–Trinajstić information content (AvgIpc) is 3.75. The zero-order valence-corrected chi connectivity index (χ0v) is 23.6. The van der Waals surface area contributed by atoms with Crippen LogP contribution in [-0.4, -0.2) is 71.2 Å². The Bertz CT molecular complexity index is 1410. The van der Waals surface area contributed by atoms with Crippen molar-refractivity contribution >= 4 is 29.4 Å². The van der Waals surface area contributed by atoms with Crippen LogP contribution < -0.4 is 16.0 Å². The predicted octanol–water partition coefficient (Wildman–Crippen LogP) is 1.25. The van der Waals surface area contributed by atoms with Crippen LogP contribution in [0.5, 0.6) is 0 Å². The van der Waals surface area contributed by atoms with Crippen LogP contribution in [0.25, 0.3) is 11.1 Å². The summed E-state index contributed by atoms with van der Waals surface area (Å²) in [4.78, 5) is 68.4. The number of rotatable bonds is 8. The number of nitrogens with zero attached hydrogens (tertiary/aromatic N) is 1. The molecule has 10 nitrogen and oxygen atoms in total. The molecule has 5 atom stereocenters. The Morgan fingerprint density at radius 3 is 2.29 bits per heavy atom. The molecule has 0 spiro atoms. The number of likely N-dealkylation sites (tertiary alicyclic amines) is 1. The van der Waals surface area contributed by atoms with Gasteiger partial charge in [-0.25, -0.2) is 0 Å². The van der Waals surface area contributed by atoms with Crippen molar-refractivity contribution < 1.29 is 29.1 Å². The van der Waals surface area contributed by atoms with Gasteiger partial charge in [0, 0.05) is 25.9 Å². The highest BCUT2D eigenvalue weighted by atomic mass is 16.3. The molecule has 4 N–H and O–H groups in total. The first-order chi connectivity index (χ1) is 20.3. The third-order valence-corrected chi connectivity index (χ3v) is 9.60. The Hall–Kier alpha value is -4.05. The molecule has 4 amide bonds. The summed E-state index contributed by atoms with van der Waals surface area (Å²) in [6.07, 6.45) is 3.20. The molecule has 6 rings (SSSR count). The number of aliphatic hydroxyl groups excluding tert-OH is 1. The van der Waals surface area contributed by atoms with Crippen molar-refractivity contribution in [3.63, 3.8) is 0 Å². The molecule has 3 fully saturated rings. The number of carbonyl (C=O) groups is 5. The number of ketones is 1. The number of amides is 4. The molecule has 42 heavy (non-hydrogen) atoms. The molecule has 2 aromatic rings. The normalized spacial score (nSPS) is 25.7. The number of Topliss-reactive ketones (excluding diaryl/α,β-unsaturated/α-hetero) is 1. The first-order valence-corrected chi connectivity index (χ1v) is 14.8. The third-order valence-electron chi connectivity index (χ3n) is 9.60. The Balaban J connectivity index is 1.38. The summed E-state index contributed by atoms with van der Waals surface area (Å²) in [5, 5.41) is 18.2. The lowest BCUT2D eigenvalue weighted by atomic mass is 9.85. The lowest BCUT2D eigenvalue weighted by Crippen LogP contribution is -2.61. The number of fused-ring (bicyclic) bond motifs is 4. The van der Waals surface area contributed by atoms with E-state index in [0.717, 1.165) is 30.4 Å². The molecule has 2 aromatic carbocycles. The van der Waals surface area contributed by atoms with Crippen molar-refractivity contribution in [1.82, 2.24) is 20.9 Å². The maximum absolute atomic E-state index is 14.9. The largest absolute Gasteiger partial charge is 0.389 e. The highest BCUT2D eigenvalue weighted by Crippen LogP contribution is 2.51. The molecule has 10 heteroatoms. The Kier molecular flexibility index (Phi) is 7.34. The molecule has 0 radical (unpaired) electrons. The highest BCUT2D eigenvalue weighted by Gasteiger charge is 2.58. The quantitative estimate of drug-likeness (QED) is 0.375. The minimum Gasteiger partial charge on any atom is -0.389 e. The molecule has 220 valence electrons. The third kappa shape index (κ3) is 4.48. The molecule has 0 aromatic heterocycles. The van der Waals surface area contributed by atoms with E-state index in [1.165, 1.54) is 6.92 Å². The smallest absolute Gasteiger partial charge is 0.258 e. The van der Waals surface area contributed by atoms with E-state index in [2.05, 4.69) is 16.0 Å². The SMILES string of the molecule is CC(=O)NC1(C(=O)N2C[C@H]3CCC[C@H]3[C@@H]2C(=O)N[C@H](C[C@@H]2CCNC2=O)C(=O)CO)c2ccccc2-c2ccccc21. The van der Waals surface area contributed by atoms with Crippen molar-refractivity contribution in [2.45, 2.75) is 56.7 Å². The summed E-state index contributed by atoms with van der Waals surface area (Å²) in [7, 11) is 0. The minimum absolute atomic E-state index is 0.0856. The zero-order chi connectivity index (χ0) is 29.6. The predicted molar refractivity (Wildman–Crippen MR) is 153 cm³/mol. The number of benzene rings is 2. The van der Waals surface area contributed by atoms with E-state index in [0.29, 0.717) is 30.6 Å². The second kappa shape index (κ2) is 11.0. The van der Waals surface area contributed by atoms with Crippen molar-refractivity contribution in [3.8, 4) is 11.1 Å². The van der Waals surface area contributed by atoms with E-state index in [1.807, 2.05) is 48.5 Å². The van der Waals surface area contributed by atoms with Gasteiger partial charge < -0.3 is 26.0 Å². The summed E-state index contributed by atoms with van der Waals surface area (Å²) < 4.78 is 0. The van der Waals surface area contributed by atoms with Crippen LogP contribution in [0, 0.1) is 17.8 Å². The van der Waals surface area contributed by atoms with Gasteiger partial charge in [0.15, 0.2) is 11.3 Å². The summed E-state index contributed by atoms with van der Waals surface area (Å²) in [6.45, 7) is 1.47. The van der Waals surface area contributed by atoms with Crippen LogP contribution in [0.3, 0.4) is 0 Å². The highest BCUT2D eigenvalue weighted by molar-refractivity contribution is 6.04. The number of hydrogen-bond donors (Lipinski definition) is 4. The second-order valence-corrected chi connectivity index (χ2v) is 12.0. The van der Waals surface area contributed by atoms with E-state index in [9.17, 15) is 29.1 Å². The first-order valence-electron chi connectivity index (χ1n) is 14.8. The first kappa shape index (κ1) is 28.1.